The summed E-state index contributed by atoms with van der Waals surface area (Å²) in [7, 11) is 0. The first-order valence-corrected chi connectivity index (χ1v) is 4.72. The monoisotopic (exact) mass is 158 g/mol. The Labute approximate surface area is 71.1 Å². The zero-order valence-corrected chi connectivity index (χ0v) is 8.61. The van der Waals surface area contributed by atoms with Crippen LogP contribution < -0.4 is 0 Å². The van der Waals surface area contributed by atoms with Crippen molar-refractivity contribution in [2.24, 2.45) is 5.41 Å². The highest BCUT2D eigenvalue weighted by Gasteiger charge is 2.27. The highest BCUT2D eigenvalue weighted by molar-refractivity contribution is 4.77. The molecule has 1 heteroatoms. The minimum atomic E-state index is 0.371. The first-order chi connectivity index (χ1) is 5.10. The summed E-state index contributed by atoms with van der Waals surface area (Å²) in [5, 5.41) is 0. The summed E-state index contributed by atoms with van der Waals surface area (Å²) in [5.41, 5.74) is 0.371. The number of ether oxygens (including phenoxy) is 1. The summed E-state index contributed by atoms with van der Waals surface area (Å²) >= 11 is 0. The highest BCUT2D eigenvalue weighted by atomic mass is 16.5. The van der Waals surface area contributed by atoms with E-state index in [2.05, 4.69) is 34.6 Å². The molecule has 0 spiro atoms. The van der Waals surface area contributed by atoms with Crippen molar-refractivity contribution in [3.05, 3.63) is 0 Å². The van der Waals surface area contributed by atoms with Gasteiger partial charge >= 0.3 is 0 Å². The minimum absolute atomic E-state index is 0.371. The van der Waals surface area contributed by atoms with Gasteiger partial charge in [-0.3, -0.25) is 0 Å². The predicted molar refractivity (Wildman–Crippen MR) is 49.8 cm³/mol. The van der Waals surface area contributed by atoms with Gasteiger partial charge < -0.3 is 4.74 Å². The van der Waals surface area contributed by atoms with Gasteiger partial charge in [0.15, 0.2) is 0 Å². The van der Waals surface area contributed by atoms with E-state index in [1.807, 2.05) is 0 Å². The highest BCUT2D eigenvalue weighted by Crippen LogP contribution is 2.31. The first-order valence-electron chi connectivity index (χ1n) is 4.72. The molecular formula is C10H22O. The maximum Gasteiger partial charge on any atom is 0.0600 e. The molecule has 0 N–H and O–H groups in total. The number of hydrogen-bond acceptors (Lipinski definition) is 1. The number of hydrogen-bond donors (Lipinski definition) is 0. The molecule has 0 aromatic heterocycles. The van der Waals surface area contributed by atoms with Crippen LogP contribution in [0.2, 0.25) is 0 Å². The molecule has 0 aromatic rings. The van der Waals surface area contributed by atoms with Crippen LogP contribution in [-0.4, -0.2) is 12.7 Å². The van der Waals surface area contributed by atoms with E-state index in [-0.39, 0.29) is 0 Å². The Morgan fingerprint density at radius 1 is 1.18 bits per heavy atom. The Bertz CT molecular complexity index is 95.0. The van der Waals surface area contributed by atoms with E-state index < -0.39 is 0 Å². The molecule has 0 fully saturated rings. The Hall–Kier alpha value is -0.0400. The lowest BCUT2D eigenvalue weighted by Gasteiger charge is -2.33. The van der Waals surface area contributed by atoms with Crippen LogP contribution in [0.3, 0.4) is 0 Å². The van der Waals surface area contributed by atoms with Crippen LogP contribution in [0.25, 0.3) is 0 Å². The third kappa shape index (κ3) is 2.82. The third-order valence-corrected chi connectivity index (χ3v) is 3.01. The molecule has 1 atom stereocenters. The van der Waals surface area contributed by atoms with Gasteiger partial charge in [0.25, 0.3) is 0 Å². The standard InChI is InChI=1S/C10H22O/c1-6-10(5,7-2)9(4)11-8-3/h9H,6-8H2,1-5H3. The van der Waals surface area contributed by atoms with E-state index in [0.717, 1.165) is 6.61 Å². The van der Waals surface area contributed by atoms with Crippen LogP contribution in [0.15, 0.2) is 0 Å². The van der Waals surface area contributed by atoms with E-state index in [0.29, 0.717) is 11.5 Å². The summed E-state index contributed by atoms with van der Waals surface area (Å²) < 4.78 is 5.59. The van der Waals surface area contributed by atoms with E-state index in [9.17, 15) is 0 Å². The van der Waals surface area contributed by atoms with Crippen molar-refractivity contribution >= 4 is 0 Å². The van der Waals surface area contributed by atoms with Crippen LogP contribution in [0, 0.1) is 5.41 Å². The molecule has 0 heterocycles. The number of rotatable bonds is 5. The van der Waals surface area contributed by atoms with E-state index in [1.165, 1.54) is 12.8 Å². The summed E-state index contributed by atoms with van der Waals surface area (Å²) in [6.45, 7) is 11.8. The molecule has 1 nitrogen and oxygen atoms in total. The van der Waals surface area contributed by atoms with Crippen LogP contribution in [-0.2, 0) is 4.74 Å². The molecule has 0 saturated heterocycles. The van der Waals surface area contributed by atoms with Gasteiger partial charge in [0, 0.05) is 6.61 Å². The molecule has 0 aromatic carbocycles. The van der Waals surface area contributed by atoms with Gasteiger partial charge in [-0.05, 0) is 32.1 Å². The lowest BCUT2D eigenvalue weighted by atomic mass is 9.80. The Morgan fingerprint density at radius 3 is 1.91 bits per heavy atom. The van der Waals surface area contributed by atoms with Crippen molar-refractivity contribution in [3.63, 3.8) is 0 Å². The van der Waals surface area contributed by atoms with Crippen LogP contribution >= 0.6 is 0 Å². The van der Waals surface area contributed by atoms with Crippen LogP contribution in [0.5, 0.6) is 0 Å². The Kier molecular flexibility index (Phi) is 4.74. The van der Waals surface area contributed by atoms with Crippen molar-refractivity contribution in [3.8, 4) is 0 Å². The van der Waals surface area contributed by atoms with Gasteiger partial charge in [0.1, 0.15) is 0 Å². The van der Waals surface area contributed by atoms with Crippen molar-refractivity contribution in [2.45, 2.75) is 53.6 Å². The van der Waals surface area contributed by atoms with Crippen molar-refractivity contribution in [1.29, 1.82) is 0 Å². The quantitative estimate of drug-likeness (QED) is 0.597. The predicted octanol–water partition coefficient (Wildman–Crippen LogP) is 3.24. The zero-order valence-electron chi connectivity index (χ0n) is 8.61. The molecule has 0 amide bonds. The van der Waals surface area contributed by atoms with Gasteiger partial charge in [-0.25, -0.2) is 0 Å². The maximum absolute atomic E-state index is 5.59. The molecule has 0 aliphatic rings. The fourth-order valence-corrected chi connectivity index (χ4v) is 1.28. The molecule has 0 rings (SSSR count). The zero-order chi connectivity index (χ0) is 8.91. The normalized spacial score (nSPS) is 15.0. The molecule has 1 unspecified atom stereocenters. The maximum atomic E-state index is 5.59. The van der Waals surface area contributed by atoms with Gasteiger partial charge in [0.05, 0.1) is 6.10 Å². The molecule has 0 radical (unpaired) electrons. The fraction of sp³-hybridized carbons (Fsp3) is 1.00. The van der Waals surface area contributed by atoms with Crippen molar-refractivity contribution < 1.29 is 4.74 Å². The lowest BCUT2D eigenvalue weighted by molar-refractivity contribution is -0.0195. The minimum Gasteiger partial charge on any atom is -0.378 e. The molecule has 0 aliphatic carbocycles. The third-order valence-electron chi connectivity index (χ3n) is 3.01. The Morgan fingerprint density at radius 2 is 1.64 bits per heavy atom. The summed E-state index contributed by atoms with van der Waals surface area (Å²) in [4.78, 5) is 0. The smallest absolute Gasteiger partial charge is 0.0600 e. The average Bonchev–Trinajstić information content (AvgIpc) is 2.03. The second kappa shape index (κ2) is 4.76. The van der Waals surface area contributed by atoms with E-state index in [4.69, 9.17) is 4.74 Å². The molecule has 0 bridgehead atoms. The van der Waals surface area contributed by atoms with Gasteiger partial charge in [-0.15, -0.1) is 0 Å². The second-order valence-electron chi connectivity index (χ2n) is 3.46. The largest absolute Gasteiger partial charge is 0.378 e. The first kappa shape index (κ1) is 11.0. The van der Waals surface area contributed by atoms with Crippen molar-refractivity contribution in [1.82, 2.24) is 0 Å². The summed E-state index contributed by atoms with van der Waals surface area (Å²) in [6, 6.07) is 0. The van der Waals surface area contributed by atoms with Gasteiger partial charge in [-0.1, -0.05) is 20.8 Å². The Balaban J connectivity index is 4.00. The average molecular weight is 158 g/mol. The van der Waals surface area contributed by atoms with Gasteiger partial charge in [0.2, 0.25) is 0 Å². The fourth-order valence-electron chi connectivity index (χ4n) is 1.28. The van der Waals surface area contributed by atoms with Crippen LogP contribution in [0.1, 0.15) is 47.5 Å². The topological polar surface area (TPSA) is 9.23 Å². The van der Waals surface area contributed by atoms with Crippen LogP contribution in [0.4, 0.5) is 0 Å². The van der Waals surface area contributed by atoms with Gasteiger partial charge in [-0.2, -0.15) is 0 Å². The SMILES string of the molecule is CCOC(C)C(C)(CC)CC. The van der Waals surface area contributed by atoms with Crippen molar-refractivity contribution in [2.75, 3.05) is 6.61 Å². The molecule has 0 aliphatic heterocycles. The molecule has 68 valence electrons. The lowest BCUT2D eigenvalue weighted by Crippen LogP contribution is -2.31. The van der Waals surface area contributed by atoms with E-state index in [1.54, 1.807) is 0 Å². The molecule has 0 saturated carbocycles. The second-order valence-corrected chi connectivity index (χ2v) is 3.46. The van der Waals surface area contributed by atoms with E-state index >= 15 is 0 Å². The summed E-state index contributed by atoms with van der Waals surface area (Å²) in [6.07, 6.45) is 2.79. The molecular weight excluding hydrogens is 136 g/mol. The summed E-state index contributed by atoms with van der Waals surface area (Å²) in [5.74, 6) is 0. The molecule has 11 heavy (non-hydrogen) atoms.